The van der Waals surface area contributed by atoms with Gasteiger partial charge in [0.15, 0.2) is 0 Å². The molecule has 2 unspecified atom stereocenters. The Morgan fingerprint density at radius 1 is 1.56 bits per heavy atom. The zero-order chi connectivity index (χ0) is 13.7. The van der Waals surface area contributed by atoms with Gasteiger partial charge in [-0.3, -0.25) is 14.3 Å². The average molecular weight is 274 g/mol. The molecule has 0 saturated heterocycles. The van der Waals surface area contributed by atoms with Crippen LogP contribution in [-0.2, 0) is 10.8 Å². The summed E-state index contributed by atoms with van der Waals surface area (Å²) < 4.78 is 24.0. The summed E-state index contributed by atoms with van der Waals surface area (Å²) in [7, 11) is -0.920. The molecule has 0 aromatic heterocycles. The van der Waals surface area contributed by atoms with E-state index in [0.29, 0.717) is 13.0 Å². The van der Waals surface area contributed by atoms with Gasteiger partial charge in [-0.25, -0.2) is 4.39 Å². The first-order valence-corrected chi connectivity index (χ1v) is 7.04. The Labute approximate surface area is 107 Å². The van der Waals surface area contributed by atoms with E-state index in [4.69, 9.17) is 0 Å². The normalized spacial score (nSPS) is 13.9. The van der Waals surface area contributed by atoms with Gasteiger partial charge in [-0.15, -0.1) is 0 Å². The van der Waals surface area contributed by atoms with Gasteiger partial charge in [0.25, 0.3) is 5.69 Å². The topological polar surface area (TPSA) is 72.2 Å². The number of hydrogen-bond acceptors (Lipinski definition) is 4. The van der Waals surface area contributed by atoms with E-state index in [1.54, 1.807) is 6.26 Å². The molecule has 18 heavy (non-hydrogen) atoms. The molecule has 0 heterocycles. The predicted molar refractivity (Wildman–Crippen MR) is 69.7 cm³/mol. The second-order valence-corrected chi connectivity index (χ2v) is 5.75. The van der Waals surface area contributed by atoms with E-state index in [9.17, 15) is 18.7 Å². The molecule has 0 radical (unpaired) electrons. The third kappa shape index (κ3) is 4.06. The summed E-state index contributed by atoms with van der Waals surface area (Å²) >= 11 is 0. The minimum Gasteiger partial charge on any atom is -0.379 e. The van der Waals surface area contributed by atoms with Gasteiger partial charge in [-0.2, -0.15) is 0 Å². The molecule has 0 fully saturated rings. The molecule has 0 aliphatic rings. The van der Waals surface area contributed by atoms with Gasteiger partial charge >= 0.3 is 0 Å². The Bertz CT molecular complexity index is 468. The molecule has 0 aliphatic heterocycles. The van der Waals surface area contributed by atoms with E-state index in [2.05, 4.69) is 5.32 Å². The summed E-state index contributed by atoms with van der Waals surface area (Å²) in [5.41, 5.74) is -0.0178. The van der Waals surface area contributed by atoms with Crippen molar-refractivity contribution in [2.45, 2.75) is 18.6 Å². The number of halogens is 1. The highest BCUT2D eigenvalue weighted by Crippen LogP contribution is 2.24. The lowest BCUT2D eigenvalue weighted by Gasteiger charge is -2.10. The monoisotopic (exact) mass is 274 g/mol. The number of benzene rings is 1. The zero-order valence-corrected chi connectivity index (χ0v) is 11.0. The van der Waals surface area contributed by atoms with Crippen molar-refractivity contribution in [1.29, 1.82) is 0 Å². The summed E-state index contributed by atoms with van der Waals surface area (Å²) in [6.07, 6.45) is 2.24. The number of hydrogen-bond donors (Lipinski definition) is 1. The first-order chi connectivity index (χ1) is 8.41. The van der Waals surface area contributed by atoms with Crippen molar-refractivity contribution >= 4 is 22.2 Å². The number of nitrogens with one attached hydrogen (secondary N) is 1. The molecule has 1 aromatic carbocycles. The number of rotatable bonds is 6. The SMILES string of the molecule is CC(CCNc1ccc(F)cc1[N+](=O)[O-])S(C)=O. The summed E-state index contributed by atoms with van der Waals surface area (Å²) in [5.74, 6) is -0.643. The number of nitro benzene ring substituents is 1. The lowest BCUT2D eigenvalue weighted by molar-refractivity contribution is -0.384. The Balaban J connectivity index is 2.67. The summed E-state index contributed by atoms with van der Waals surface area (Å²) in [6, 6.07) is 3.38. The van der Waals surface area contributed by atoms with Crippen LogP contribution in [0.3, 0.4) is 0 Å². The molecular formula is C11H15FN2O3S. The molecule has 1 N–H and O–H groups in total. The van der Waals surface area contributed by atoms with Crippen molar-refractivity contribution in [3.63, 3.8) is 0 Å². The maximum absolute atomic E-state index is 12.9. The molecule has 2 atom stereocenters. The van der Waals surface area contributed by atoms with Crippen LogP contribution in [0.5, 0.6) is 0 Å². The maximum Gasteiger partial charge on any atom is 0.295 e. The Morgan fingerprint density at radius 3 is 2.78 bits per heavy atom. The Morgan fingerprint density at radius 2 is 2.22 bits per heavy atom. The Hall–Kier alpha value is -1.50. The molecule has 0 amide bonds. The van der Waals surface area contributed by atoms with Crippen LogP contribution in [0.15, 0.2) is 18.2 Å². The fourth-order valence-electron chi connectivity index (χ4n) is 1.38. The van der Waals surface area contributed by atoms with E-state index in [-0.39, 0.29) is 16.6 Å². The van der Waals surface area contributed by atoms with Crippen LogP contribution in [0.4, 0.5) is 15.8 Å². The summed E-state index contributed by atoms with van der Waals surface area (Å²) in [4.78, 5) is 10.1. The highest BCUT2D eigenvalue weighted by Gasteiger charge is 2.15. The fraction of sp³-hybridized carbons (Fsp3) is 0.455. The maximum atomic E-state index is 12.9. The van der Waals surface area contributed by atoms with E-state index < -0.39 is 21.5 Å². The smallest absolute Gasteiger partial charge is 0.295 e. The van der Waals surface area contributed by atoms with Gasteiger partial charge in [0.05, 0.1) is 11.0 Å². The summed E-state index contributed by atoms with van der Waals surface area (Å²) in [6.45, 7) is 2.30. The number of nitrogens with zero attached hydrogens (tertiary/aromatic N) is 1. The molecule has 7 heteroatoms. The highest BCUT2D eigenvalue weighted by atomic mass is 32.2. The van der Waals surface area contributed by atoms with Crippen molar-refractivity contribution in [1.82, 2.24) is 0 Å². The van der Waals surface area contributed by atoms with Crippen molar-refractivity contribution in [3.8, 4) is 0 Å². The largest absolute Gasteiger partial charge is 0.379 e. The van der Waals surface area contributed by atoms with Crippen LogP contribution in [-0.4, -0.2) is 27.2 Å². The van der Waals surface area contributed by atoms with Crippen molar-refractivity contribution in [3.05, 3.63) is 34.1 Å². The molecule has 0 bridgehead atoms. The number of nitro groups is 1. The van der Waals surface area contributed by atoms with E-state index in [0.717, 1.165) is 12.1 Å². The highest BCUT2D eigenvalue weighted by molar-refractivity contribution is 7.84. The van der Waals surface area contributed by atoms with Gasteiger partial charge in [-0.05, 0) is 18.6 Å². The third-order valence-corrected chi connectivity index (χ3v) is 3.96. The fourth-order valence-corrected chi connectivity index (χ4v) is 1.83. The molecule has 0 saturated carbocycles. The van der Waals surface area contributed by atoms with Gasteiger partial charge < -0.3 is 5.32 Å². The van der Waals surface area contributed by atoms with Gasteiger partial charge in [-0.1, -0.05) is 6.92 Å². The minimum atomic E-state index is -0.920. The summed E-state index contributed by atoms with van der Waals surface area (Å²) in [5, 5.41) is 13.6. The number of anilines is 1. The molecule has 5 nitrogen and oxygen atoms in total. The molecule has 100 valence electrons. The Kier molecular flexibility index (Phi) is 5.21. The molecule has 1 rings (SSSR count). The van der Waals surface area contributed by atoms with Crippen LogP contribution < -0.4 is 5.32 Å². The van der Waals surface area contributed by atoms with Crippen LogP contribution >= 0.6 is 0 Å². The van der Waals surface area contributed by atoms with Crippen molar-refractivity contribution < 1.29 is 13.5 Å². The first-order valence-electron chi connectivity index (χ1n) is 5.42. The minimum absolute atomic E-state index is 0.0111. The molecule has 0 aliphatic carbocycles. The second-order valence-electron chi connectivity index (χ2n) is 3.94. The third-order valence-electron chi connectivity index (χ3n) is 2.59. The first kappa shape index (κ1) is 14.6. The predicted octanol–water partition coefficient (Wildman–Crippen LogP) is 2.30. The lowest BCUT2D eigenvalue weighted by atomic mass is 10.2. The van der Waals surface area contributed by atoms with Crippen LogP contribution in [0.2, 0.25) is 0 Å². The van der Waals surface area contributed by atoms with Crippen molar-refractivity contribution in [2.24, 2.45) is 0 Å². The molecule has 1 aromatic rings. The quantitative estimate of drug-likeness (QED) is 0.638. The van der Waals surface area contributed by atoms with Crippen molar-refractivity contribution in [2.75, 3.05) is 18.1 Å². The van der Waals surface area contributed by atoms with E-state index in [1.807, 2.05) is 6.92 Å². The zero-order valence-electron chi connectivity index (χ0n) is 10.2. The van der Waals surface area contributed by atoms with E-state index >= 15 is 0 Å². The average Bonchev–Trinajstić information content (AvgIpc) is 2.30. The van der Waals surface area contributed by atoms with E-state index in [1.165, 1.54) is 6.07 Å². The van der Waals surface area contributed by atoms with Gasteiger partial charge in [0.2, 0.25) is 0 Å². The molecule has 0 spiro atoms. The molecular weight excluding hydrogens is 259 g/mol. The van der Waals surface area contributed by atoms with Crippen LogP contribution in [0, 0.1) is 15.9 Å². The van der Waals surface area contributed by atoms with Gasteiger partial charge in [0.1, 0.15) is 11.5 Å². The van der Waals surface area contributed by atoms with Crippen LogP contribution in [0.1, 0.15) is 13.3 Å². The van der Waals surface area contributed by atoms with Gasteiger partial charge in [0, 0.05) is 28.9 Å². The standard InChI is InChI=1S/C11H15FN2O3S/c1-8(18(2)17)5-6-13-10-4-3-9(12)7-11(10)14(15)16/h3-4,7-8,13H,5-6H2,1-2H3. The lowest BCUT2D eigenvalue weighted by Crippen LogP contribution is -2.15. The van der Waals surface area contributed by atoms with Crippen LogP contribution in [0.25, 0.3) is 0 Å². The second kappa shape index (κ2) is 6.44.